The lowest BCUT2D eigenvalue weighted by Crippen LogP contribution is -2.50. The number of hydrogen-bond donors (Lipinski definition) is 2. The summed E-state index contributed by atoms with van der Waals surface area (Å²) in [4.78, 5) is 14.7. The smallest absolute Gasteiger partial charge is 0.315 e. The van der Waals surface area contributed by atoms with Gasteiger partial charge in [-0.25, -0.2) is 9.18 Å². The highest BCUT2D eigenvalue weighted by molar-refractivity contribution is 5.74. The van der Waals surface area contributed by atoms with Crippen molar-refractivity contribution in [1.29, 1.82) is 0 Å². The second-order valence-corrected chi connectivity index (χ2v) is 8.16. The molecule has 1 aromatic carbocycles. The van der Waals surface area contributed by atoms with E-state index in [1.54, 1.807) is 12.1 Å². The summed E-state index contributed by atoms with van der Waals surface area (Å²) in [7, 11) is 0. The Morgan fingerprint density at radius 2 is 1.92 bits per heavy atom. The number of halogens is 1. The molecule has 0 aromatic heterocycles. The van der Waals surface area contributed by atoms with Gasteiger partial charge >= 0.3 is 6.03 Å². The molecule has 1 heterocycles. The van der Waals surface area contributed by atoms with E-state index in [0.717, 1.165) is 32.5 Å². The maximum Gasteiger partial charge on any atom is 0.315 e. The fraction of sp³-hybridized carbons (Fsp3) is 0.650. The van der Waals surface area contributed by atoms with E-state index in [0.29, 0.717) is 18.0 Å². The molecule has 1 fully saturated rings. The molecular formula is C20H32FN3O. The second kappa shape index (κ2) is 8.65. The average molecular weight is 349 g/mol. The van der Waals surface area contributed by atoms with E-state index >= 15 is 0 Å². The van der Waals surface area contributed by atoms with Gasteiger partial charge in [0.2, 0.25) is 0 Å². The molecule has 140 valence electrons. The van der Waals surface area contributed by atoms with Crippen molar-refractivity contribution in [3.8, 4) is 0 Å². The monoisotopic (exact) mass is 349 g/mol. The maximum atomic E-state index is 14.0. The Hall–Kier alpha value is -1.62. The topological polar surface area (TPSA) is 44.4 Å². The molecule has 0 atom stereocenters. The average Bonchev–Trinajstić information content (AvgIpc) is 2.55. The first kappa shape index (κ1) is 19.7. The van der Waals surface area contributed by atoms with E-state index in [1.807, 2.05) is 19.9 Å². The van der Waals surface area contributed by atoms with Crippen molar-refractivity contribution in [2.75, 3.05) is 26.2 Å². The van der Waals surface area contributed by atoms with Crippen molar-refractivity contribution >= 4 is 6.03 Å². The van der Waals surface area contributed by atoms with Gasteiger partial charge in [0.25, 0.3) is 0 Å². The van der Waals surface area contributed by atoms with Crippen LogP contribution in [0, 0.1) is 11.7 Å². The Morgan fingerprint density at radius 3 is 2.52 bits per heavy atom. The molecule has 1 saturated heterocycles. The minimum Gasteiger partial charge on any atom is -0.337 e. The molecule has 0 bridgehead atoms. The third-order valence-electron chi connectivity index (χ3n) is 4.84. The fourth-order valence-electron chi connectivity index (χ4n) is 3.42. The Bertz CT molecular complexity index is 566. The van der Waals surface area contributed by atoms with Gasteiger partial charge in [-0.05, 0) is 30.4 Å². The Labute approximate surface area is 151 Å². The summed E-state index contributed by atoms with van der Waals surface area (Å²) in [5.41, 5.74) is 0.167. The van der Waals surface area contributed by atoms with Gasteiger partial charge < -0.3 is 15.5 Å². The number of hydrogen-bond acceptors (Lipinski definition) is 2. The molecule has 1 aliphatic rings. The molecule has 2 amide bonds. The van der Waals surface area contributed by atoms with Gasteiger partial charge in [-0.2, -0.15) is 0 Å². The standard InChI is InChI=1S/C20H32FN3O/c1-15(2)13-24-11-9-16(10-12-24)23-19(25)22-14-20(3,4)17-7-5-6-8-18(17)21/h5-8,15-16H,9-14H2,1-4H3,(H2,22,23,25). The number of likely N-dealkylation sites (tertiary alicyclic amines) is 1. The van der Waals surface area contributed by atoms with Gasteiger partial charge in [0.15, 0.2) is 0 Å². The largest absolute Gasteiger partial charge is 0.337 e. The van der Waals surface area contributed by atoms with E-state index in [9.17, 15) is 9.18 Å². The molecular weight excluding hydrogens is 317 g/mol. The zero-order valence-electron chi connectivity index (χ0n) is 15.9. The molecule has 1 aliphatic heterocycles. The third kappa shape index (κ3) is 5.99. The summed E-state index contributed by atoms with van der Waals surface area (Å²) in [5, 5.41) is 5.97. The molecule has 2 N–H and O–H groups in total. The van der Waals surface area contributed by atoms with Crippen molar-refractivity contribution in [3.05, 3.63) is 35.6 Å². The number of amides is 2. The normalized spacial score (nSPS) is 16.9. The summed E-state index contributed by atoms with van der Waals surface area (Å²) in [5.74, 6) is 0.445. The van der Waals surface area contributed by atoms with Crippen LogP contribution in [0.15, 0.2) is 24.3 Å². The number of carbonyl (C=O) groups is 1. The van der Waals surface area contributed by atoms with Gasteiger partial charge in [0, 0.05) is 37.6 Å². The first-order valence-electron chi connectivity index (χ1n) is 9.29. The van der Waals surface area contributed by atoms with Crippen LogP contribution in [0.5, 0.6) is 0 Å². The van der Waals surface area contributed by atoms with Gasteiger partial charge in [-0.3, -0.25) is 0 Å². The number of piperidine rings is 1. The van der Waals surface area contributed by atoms with E-state index in [4.69, 9.17) is 0 Å². The third-order valence-corrected chi connectivity index (χ3v) is 4.84. The number of benzene rings is 1. The zero-order chi connectivity index (χ0) is 18.4. The van der Waals surface area contributed by atoms with Gasteiger partial charge in [0.1, 0.15) is 5.82 Å². The van der Waals surface area contributed by atoms with Crippen molar-refractivity contribution < 1.29 is 9.18 Å². The van der Waals surface area contributed by atoms with E-state index in [-0.39, 0.29) is 17.9 Å². The number of nitrogens with zero attached hydrogens (tertiary/aromatic N) is 1. The van der Waals surface area contributed by atoms with Crippen molar-refractivity contribution in [2.45, 2.75) is 52.0 Å². The molecule has 0 spiro atoms. The number of carbonyl (C=O) groups excluding carboxylic acids is 1. The number of urea groups is 1. The minimum absolute atomic E-state index is 0.160. The summed E-state index contributed by atoms with van der Waals surface area (Å²) >= 11 is 0. The van der Waals surface area contributed by atoms with Crippen LogP contribution in [-0.2, 0) is 5.41 Å². The van der Waals surface area contributed by atoms with Crippen LogP contribution in [-0.4, -0.2) is 43.2 Å². The first-order chi connectivity index (χ1) is 11.8. The fourth-order valence-corrected chi connectivity index (χ4v) is 3.42. The van der Waals surface area contributed by atoms with Crippen molar-refractivity contribution in [1.82, 2.24) is 15.5 Å². The molecule has 5 heteroatoms. The molecule has 4 nitrogen and oxygen atoms in total. The van der Waals surface area contributed by atoms with E-state index in [1.165, 1.54) is 6.07 Å². The van der Waals surface area contributed by atoms with Crippen LogP contribution < -0.4 is 10.6 Å². The lowest BCUT2D eigenvalue weighted by Gasteiger charge is -2.33. The van der Waals surface area contributed by atoms with Gasteiger partial charge in [-0.1, -0.05) is 45.9 Å². The van der Waals surface area contributed by atoms with E-state index in [2.05, 4.69) is 29.4 Å². The van der Waals surface area contributed by atoms with Crippen LogP contribution in [0.1, 0.15) is 46.1 Å². The molecule has 0 saturated carbocycles. The number of nitrogens with one attached hydrogen (secondary N) is 2. The molecule has 0 unspecified atom stereocenters. The van der Waals surface area contributed by atoms with Crippen LogP contribution in [0.3, 0.4) is 0 Å². The molecule has 0 radical (unpaired) electrons. The predicted molar refractivity (Wildman–Crippen MR) is 100 cm³/mol. The zero-order valence-corrected chi connectivity index (χ0v) is 15.9. The quantitative estimate of drug-likeness (QED) is 0.825. The van der Waals surface area contributed by atoms with Crippen molar-refractivity contribution in [2.24, 2.45) is 5.92 Å². The molecule has 1 aromatic rings. The highest BCUT2D eigenvalue weighted by atomic mass is 19.1. The van der Waals surface area contributed by atoms with Crippen LogP contribution >= 0.6 is 0 Å². The second-order valence-electron chi connectivity index (χ2n) is 8.16. The molecule has 0 aliphatic carbocycles. The van der Waals surface area contributed by atoms with Crippen molar-refractivity contribution in [3.63, 3.8) is 0 Å². The SMILES string of the molecule is CC(C)CN1CCC(NC(=O)NCC(C)(C)c2ccccc2F)CC1. The summed E-state index contributed by atoms with van der Waals surface area (Å²) in [6, 6.07) is 6.81. The highest BCUT2D eigenvalue weighted by Gasteiger charge is 2.26. The molecule has 2 rings (SSSR count). The van der Waals surface area contributed by atoms with Gasteiger partial charge in [-0.15, -0.1) is 0 Å². The number of rotatable bonds is 6. The lowest BCUT2D eigenvalue weighted by atomic mass is 9.84. The maximum absolute atomic E-state index is 14.0. The Balaban J connectivity index is 1.77. The predicted octanol–water partition coefficient (Wildman–Crippen LogP) is 3.52. The summed E-state index contributed by atoms with van der Waals surface area (Å²) in [6.45, 7) is 11.9. The first-order valence-corrected chi connectivity index (χ1v) is 9.29. The summed E-state index contributed by atoms with van der Waals surface area (Å²) in [6.07, 6.45) is 1.97. The minimum atomic E-state index is -0.455. The van der Waals surface area contributed by atoms with Crippen LogP contribution in [0.25, 0.3) is 0 Å². The molecule has 25 heavy (non-hydrogen) atoms. The lowest BCUT2D eigenvalue weighted by molar-refractivity contribution is 0.177. The van der Waals surface area contributed by atoms with Gasteiger partial charge in [0.05, 0.1) is 0 Å². The highest BCUT2D eigenvalue weighted by Crippen LogP contribution is 2.24. The Kier molecular flexibility index (Phi) is 6.82. The Morgan fingerprint density at radius 1 is 1.28 bits per heavy atom. The summed E-state index contributed by atoms with van der Waals surface area (Å²) < 4.78 is 14.0. The van der Waals surface area contributed by atoms with Crippen LogP contribution in [0.4, 0.5) is 9.18 Å². The van der Waals surface area contributed by atoms with E-state index < -0.39 is 5.41 Å². The van der Waals surface area contributed by atoms with Crippen LogP contribution in [0.2, 0.25) is 0 Å².